The maximum Gasteiger partial charge on any atom is 0.254 e. The molecular weight excluding hydrogens is 387 g/mol. The van der Waals surface area contributed by atoms with Gasteiger partial charge in [-0.25, -0.2) is 12.8 Å². The van der Waals surface area contributed by atoms with Crippen molar-refractivity contribution in [2.45, 2.75) is 13.0 Å². The molecule has 1 N–H and O–H groups in total. The van der Waals surface area contributed by atoms with E-state index in [0.29, 0.717) is 5.56 Å². The number of ether oxygens (including phenoxy) is 2. The smallest absolute Gasteiger partial charge is 0.254 e. The molecule has 0 fully saturated rings. The predicted octanol–water partition coefficient (Wildman–Crippen LogP) is 2.73. The number of rotatable bonds is 7. The zero-order chi connectivity index (χ0) is 21.1. The fourth-order valence-electron chi connectivity index (χ4n) is 2.60. The van der Waals surface area contributed by atoms with Crippen LogP contribution in [0.25, 0.3) is 0 Å². The zero-order valence-corrected chi connectivity index (χ0v) is 17.1. The Morgan fingerprint density at radius 3 is 2.14 bits per heavy atom. The van der Waals surface area contributed by atoms with Gasteiger partial charge in [0.2, 0.25) is 10.0 Å². The van der Waals surface area contributed by atoms with E-state index in [-0.39, 0.29) is 28.6 Å². The molecule has 0 heterocycles. The van der Waals surface area contributed by atoms with Crippen molar-refractivity contribution in [2.75, 3.05) is 31.8 Å². The van der Waals surface area contributed by atoms with Crippen molar-refractivity contribution in [3.63, 3.8) is 0 Å². The van der Waals surface area contributed by atoms with Crippen molar-refractivity contribution < 1.29 is 27.1 Å². The van der Waals surface area contributed by atoms with Crippen LogP contribution in [0.4, 0.5) is 10.1 Å². The van der Waals surface area contributed by atoms with Gasteiger partial charge in [0.15, 0.2) is 11.5 Å². The fourth-order valence-corrected chi connectivity index (χ4v) is 3.11. The Labute approximate surface area is 164 Å². The minimum Gasteiger partial charge on any atom is -0.493 e. The monoisotopic (exact) mass is 410 g/mol. The number of amides is 1. The standard InChI is InChI=1S/C19H23FN2O5S/c1-12(13-6-8-14(20)9-7-13)21-19(23)15-10-17(26-3)18(27-4)11-16(15)22(2)28(5,24)25/h6-12H,1-5H3,(H,21,23)/t12-/m1/s1. The van der Waals surface area contributed by atoms with Gasteiger partial charge in [-0.05, 0) is 30.7 Å². The molecule has 0 radical (unpaired) electrons. The Morgan fingerprint density at radius 2 is 1.64 bits per heavy atom. The van der Waals surface area contributed by atoms with Gasteiger partial charge >= 0.3 is 0 Å². The second-order valence-electron chi connectivity index (χ2n) is 6.20. The number of benzene rings is 2. The third kappa shape index (κ3) is 4.72. The molecule has 1 amide bonds. The average Bonchev–Trinajstić information content (AvgIpc) is 2.65. The lowest BCUT2D eigenvalue weighted by Crippen LogP contribution is -2.31. The molecule has 28 heavy (non-hydrogen) atoms. The maximum absolute atomic E-state index is 13.1. The number of sulfonamides is 1. The van der Waals surface area contributed by atoms with Gasteiger partial charge in [0.25, 0.3) is 5.91 Å². The van der Waals surface area contributed by atoms with Crippen molar-refractivity contribution >= 4 is 21.6 Å². The largest absolute Gasteiger partial charge is 0.493 e. The van der Waals surface area contributed by atoms with Gasteiger partial charge in [0, 0.05) is 13.1 Å². The van der Waals surface area contributed by atoms with Crippen molar-refractivity contribution in [2.24, 2.45) is 0 Å². The van der Waals surface area contributed by atoms with E-state index >= 15 is 0 Å². The van der Waals surface area contributed by atoms with Crippen molar-refractivity contribution in [1.82, 2.24) is 5.32 Å². The van der Waals surface area contributed by atoms with Gasteiger partial charge in [-0.2, -0.15) is 0 Å². The Hall–Kier alpha value is -2.81. The van der Waals surface area contributed by atoms with Gasteiger partial charge in [-0.3, -0.25) is 9.10 Å². The molecule has 7 nitrogen and oxygen atoms in total. The van der Waals surface area contributed by atoms with Crippen LogP contribution in [0, 0.1) is 5.82 Å². The molecule has 0 aliphatic heterocycles. The van der Waals surface area contributed by atoms with Crippen LogP contribution in [0.5, 0.6) is 11.5 Å². The zero-order valence-electron chi connectivity index (χ0n) is 16.3. The molecule has 0 bridgehead atoms. The number of halogens is 1. The summed E-state index contributed by atoms with van der Waals surface area (Å²) in [5.74, 6) is -0.314. The SMILES string of the molecule is COc1cc(C(=O)N[C@H](C)c2ccc(F)cc2)c(N(C)S(C)(=O)=O)cc1OC. The number of nitrogens with zero attached hydrogens (tertiary/aromatic N) is 1. The Balaban J connectivity index is 2.46. The summed E-state index contributed by atoms with van der Waals surface area (Å²) in [7, 11) is 0.550. The highest BCUT2D eigenvalue weighted by molar-refractivity contribution is 7.92. The number of hydrogen-bond donors (Lipinski definition) is 1. The number of methoxy groups -OCH3 is 2. The summed E-state index contributed by atoms with van der Waals surface area (Å²) in [5, 5.41) is 2.79. The third-order valence-corrected chi connectivity index (χ3v) is 5.49. The molecule has 0 unspecified atom stereocenters. The van der Waals surface area contributed by atoms with E-state index in [1.54, 1.807) is 19.1 Å². The molecule has 1 atom stereocenters. The second kappa shape index (κ2) is 8.47. The minimum atomic E-state index is -3.63. The molecule has 2 aromatic rings. The lowest BCUT2D eigenvalue weighted by Gasteiger charge is -2.23. The predicted molar refractivity (Wildman–Crippen MR) is 105 cm³/mol. The average molecular weight is 410 g/mol. The van der Waals surface area contributed by atoms with E-state index in [2.05, 4.69) is 5.32 Å². The minimum absolute atomic E-state index is 0.0968. The van der Waals surface area contributed by atoms with E-state index < -0.39 is 22.0 Å². The molecule has 0 saturated carbocycles. The molecule has 0 aliphatic carbocycles. The summed E-state index contributed by atoms with van der Waals surface area (Å²) in [4.78, 5) is 12.9. The van der Waals surface area contributed by atoms with Crippen molar-refractivity contribution in [1.29, 1.82) is 0 Å². The maximum atomic E-state index is 13.1. The fraction of sp³-hybridized carbons (Fsp3) is 0.316. The molecule has 2 rings (SSSR count). The number of nitrogens with one attached hydrogen (secondary N) is 1. The topological polar surface area (TPSA) is 84.9 Å². The molecule has 0 aliphatic rings. The Kier molecular flexibility index (Phi) is 6.50. The first kappa shape index (κ1) is 21.5. The lowest BCUT2D eigenvalue weighted by atomic mass is 10.1. The molecule has 152 valence electrons. The lowest BCUT2D eigenvalue weighted by molar-refractivity contribution is 0.0940. The quantitative estimate of drug-likeness (QED) is 0.759. The highest BCUT2D eigenvalue weighted by Gasteiger charge is 2.24. The first-order chi connectivity index (χ1) is 13.1. The van der Waals surface area contributed by atoms with Crippen LogP contribution < -0.4 is 19.1 Å². The second-order valence-corrected chi connectivity index (χ2v) is 8.22. The van der Waals surface area contributed by atoms with Gasteiger partial charge in [-0.1, -0.05) is 12.1 Å². The van der Waals surface area contributed by atoms with E-state index in [1.165, 1.54) is 45.5 Å². The van der Waals surface area contributed by atoms with Crippen LogP contribution in [0.3, 0.4) is 0 Å². The molecule has 2 aromatic carbocycles. The van der Waals surface area contributed by atoms with Gasteiger partial charge in [0.05, 0.1) is 37.8 Å². The van der Waals surface area contributed by atoms with Crippen LogP contribution in [-0.4, -0.2) is 41.8 Å². The molecule has 0 aromatic heterocycles. The van der Waals surface area contributed by atoms with Gasteiger partial charge < -0.3 is 14.8 Å². The molecule has 9 heteroatoms. The number of carbonyl (C=O) groups excluding carboxylic acids is 1. The molecule has 0 saturated heterocycles. The van der Waals surface area contributed by atoms with Crippen molar-refractivity contribution in [3.05, 3.63) is 53.3 Å². The summed E-state index contributed by atoms with van der Waals surface area (Å²) in [6.07, 6.45) is 1.03. The summed E-state index contributed by atoms with van der Waals surface area (Å²) in [6.45, 7) is 1.74. The van der Waals surface area contributed by atoms with Crippen molar-refractivity contribution in [3.8, 4) is 11.5 Å². The highest BCUT2D eigenvalue weighted by atomic mass is 32.2. The van der Waals surface area contributed by atoms with Gasteiger partial charge in [-0.15, -0.1) is 0 Å². The number of anilines is 1. The molecule has 0 spiro atoms. The van der Waals surface area contributed by atoms with Crippen LogP contribution >= 0.6 is 0 Å². The number of carbonyl (C=O) groups is 1. The highest BCUT2D eigenvalue weighted by Crippen LogP contribution is 2.36. The summed E-state index contributed by atoms with van der Waals surface area (Å²) >= 11 is 0. The van der Waals surface area contributed by atoms with Crippen LogP contribution in [-0.2, 0) is 10.0 Å². The van der Waals surface area contributed by atoms with Crippen LogP contribution in [0.2, 0.25) is 0 Å². The first-order valence-corrected chi connectivity index (χ1v) is 10.2. The van der Waals surface area contributed by atoms with E-state index in [4.69, 9.17) is 9.47 Å². The summed E-state index contributed by atoms with van der Waals surface area (Å²) < 4.78 is 48.6. The summed E-state index contributed by atoms with van der Waals surface area (Å²) in [6, 6.07) is 8.16. The molecular formula is C19H23FN2O5S. The van der Waals surface area contributed by atoms with E-state index in [1.807, 2.05) is 0 Å². The Morgan fingerprint density at radius 1 is 1.11 bits per heavy atom. The first-order valence-electron chi connectivity index (χ1n) is 8.34. The summed E-state index contributed by atoms with van der Waals surface area (Å²) in [5.41, 5.74) is 0.941. The van der Waals surface area contributed by atoms with Crippen LogP contribution in [0.1, 0.15) is 28.9 Å². The van der Waals surface area contributed by atoms with Crippen LogP contribution in [0.15, 0.2) is 36.4 Å². The van der Waals surface area contributed by atoms with Gasteiger partial charge in [0.1, 0.15) is 5.82 Å². The normalized spacial score (nSPS) is 12.2. The van der Waals surface area contributed by atoms with E-state index in [9.17, 15) is 17.6 Å². The Bertz CT molecular complexity index is 961. The van der Waals surface area contributed by atoms with E-state index in [0.717, 1.165) is 10.6 Å². The number of hydrogen-bond acceptors (Lipinski definition) is 5. The third-order valence-electron chi connectivity index (χ3n) is 4.30.